The lowest BCUT2D eigenvalue weighted by molar-refractivity contribution is -0.121. The van der Waals surface area contributed by atoms with Crippen molar-refractivity contribution in [2.24, 2.45) is 0 Å². The molecule has 0 aliphatic rings. The number of amides is 1. The molecule has 1 aromatic carbocycles. The first kappa shape index (κ1) is 19.8. The zero-order valence-electron chi connectivity index (χ0n) is 17.0. The fourth-order valence-electron chi connectivity index (χ4n) is 3.31. The number of fused-ring (bicyclic) bond motifs is 1. The van der Waals surface area contributed by atoms with E-state index in [-0.39, 0.29) is 11.5 Å². The van der Waals surface area contributed by atoms with E-state index in [1.54, 1.807) is 4.68 Å². The van der Waals surface area contributed by atoms with Gasteiger partial charge in [0.25, 0.3) is 5.56 Å². The van der Waals surface area contributed by atoms with Gasteiger partial charge in [0.2, 0.25) is 5.91 Å². The van der Waals surface area contributed by atoms with E-state index in [4.69, 9.17) is 0 Å². The average Bonchev–Trinajstić information content (AvgIpc) is 3.02. The molecular weight excluding hydrogens is 354 g/mol. The minimum absolute atomic E-state index is 0.00666. The Balaban J connectivity index is 1.89. The standard InChI is InChI=1S/C21H27N5O2/c1-5-12-22-18(27)7-6-13-25-21(28)20-19(15(3)23-25)16(4)26(24-20)17-10-8-14(2)9-11-17/h8-11H,5-7,12-13H2,1-4H3,(H,22,27). The highest BCUT2D eigenvalue weighted by molar-refractivity contribution is 5.83. The maximum atomic E-state index is 12.9. The molecule has 0 bridgehead atoms. The van der Waals surface area contributed by atoms with Gasteiger partial charge in [-0.3, -0.25) is 9.59 Å². The summed E-state index contributed by atoms with van der Waals surface area (Å²) in [6, 6.07) is 8.02. The average molecular weight is 381 g/mol. The number of aromatic nitrogens is 4. The maximum absolute atomic E-state index is 12.9. The first-order valence-electron chi connectivity index (χ1n) is 9.73. The van der Waals surface area contributed by atoms with Crippen LogP contribution in [-0.2, 0) is 11.3 Å². The van der Waals surface area contributed by atoms with E-state index in [9.17, 15) is 9.59 Å². The number of nitrogens with one attached hydrogen (secondary N) is 1. The molecule has 2 aromatic heterocycles. The number of rotatable bonds is 7. The number of aryl methyl sites for hydroxylation is 4. The summed E-state index contributed by atoms with van der Waals surface area (Å²) in [5, 5.41) is 12.7. The molecule has 3 rings (SSSR count). The SMILES string of the molecule is CCCNC(=O)CCCn1nc(C)c2c(C)n(-c3ccc(C)cc3)nc2c1=O. The van der Waals surface area contributed by atoms with Crippen LogP contribution in [0.4, 0.5) is 0 Å². The third-order valence-electron chi connectivity index (χ3n) is 4.81. The Morgan fingerprint density at radius 1 is 1.11 bits per heavy atom. The largest absolute Gasteiger partial charge is 0.356 e. The van der Waals surface area contributed by atoms with Crippen molar-refractivity contribution in [3.8, 4) is 5.69 Å². The van der Waals surface area contributed by atoms with Crippen LogP contribution >= 0.6 is 0 Å². The van der Waals surface area contributed by atoms with Gasteiger partial charge in [-0.25, -0.2) is 9.36 Å². The summed E-state index contributed by atoms with van der Waals surface area (Å²) >= 11 is 0. The first-order chi connectivity index (χ1) is 13.4. The van der Waals surface area contributed by atoms with Crippen molar-refractivity contribution in [1.82, 2.24) is 24.9 Å². The summed E-state index contributed by atoms with van der Waals surface area (Å²) in [6.07, 6.45) is 1.85. The molecule has 0 fully saturated rings. The minimum Gasteiger partial charge on any atom is -0.356 e. The van der Waals surface area contributed by atoms with Crippen molar-refractivity contribution in [2.45, 2.75) is 53.5 Å². The number of hydrogen-bond donors (Lipinski definition) is 1. The molecule has 3 aromatic rings. The van der Waals surface area contributed by atoms with E-state index in [2.05, 4.69) is 15.5 Å². The lowest BCUT2D eigenvalue weighted by Crippen LogP contribution is -2.27. The van der Waals surface area contributed by atoms with E-state index >= 15 is 0 Å². The second-order valence-corrected chi connectivity index (χ2v) is 7.12. The quantitative estimate of drug-likeness (QED) is 0.682. The molecule has 0 saturated carbocycles. The molecule has 0 saturated heterocycles. The molecule has 0 aliphatic heterocycles. The van der Waals surface area contributed by atoms with Crippen LogP contribution in [0.15, 0.2) is 29.1 Å². The Morgan fingerprint density at radius 3 is 2.50 bits per heavy atom. The second-order valence-electron chi connectivity index (χ2n) is 7.12. The zero-order chi connectivity index (χ0) is 20.3. The van der Waals surface area contributed by atoms with Crippen LogP contribution in [0.5, 0.6) is 0 Å². The number of carbonyl (C=O) groups is 1. The van der Waals surface area contributed by atoms with Gasteiger partial charge in [-0.2, -0.15) is 10.2 Å². The van der Waals surface area contributed by atoms with E-state index in [1.807, 2.05) is 52.0 Å². The summed E-state index contributed by atoms with van der Waals surface area (Å²) in [6.45, 7) is 8.96. The van der Waals surface area contributed by atoms with Gasteiger partial charge in [-0.1, -0.05) is 24.6 Å². The maximum Gasteiger partial charge on any atom is 0.295 e. The summed E-state index contributed by atoms with van der Waals surface area (Å²) in [5.74, 6) is 0.00666. The third-order valence-corrected chi connectivity index (χ3v) is 4.81. The van der Waals surface area contributed by atoms with Crippen LogP contribution in [0.25, 0.3) is 16.6 Å². The predicted molar refractivity (Wildman–Crippen MR) is 110 cm³/mol. The number of hydrogen-bond acceptors (Lipinski definition) is 4. The Bertz CT molecular complexity index is 1050. The van der Waals surface area contributed by atoms with Gasteiger partial charge < -0.3 is 5.32 Å². The van der Waals surface area contributed by atoms with Gasteiger partial charge in [0.05, 0.1) is 22.5 Å². The van der Waals surface area contributed by atoms with Crippen molar-refractivity contribution in [3.63, 3.8) is 0 Å². The van der Waals surface area contributed by atoms with E-state index < -0.39 is 0 Å². The lowest BCUT2D eigenvalue weighted by atomic mass is 10.2. The normalized spacial score (nSPS) is 11.1. The fraction of sp³-hybridized carbons (Fsp3) is 0.429. The molecule has 28 heavy (non-hydrogen) atoms. The predicted octanol–water partition coefficient (Wildman–Crippen LogP) is 2.81. The van der Waals surface area contributed by atoms with Crippen LogP contribution in [-0.4, -0.2) is 32.0 Å². The van der Waals surface area contributed by atoms with Crippen molar-refractivity contribution in [1.29, 1.82) is 0 Å². The fourth-order valence-corrected chi connectivity index (χ4v) is 3.31. The highest BCUT2D eigenvalue weighted by atomic mass is 16.1. The summed E-state index contributed by atoms with van der Waals surface area (Å²) < 4.78 is 3.22. The van der Waals surface area contributed by atoms with E-state index in [0.29, 0.717) is 31.4 Å². The van der Waals surface area contributed by atoms with Gasteiger partial charge in [0.1, 0.15) is 0 Å². The Kier molecular flexibility index (Phi) is 5.92. The second kappa shape index (κ2) is 8.37. The Labute approximate surface area is 164 Å². The summed E-state index contributed by atoms with van der Waals surface area (Å²) in [4.78, 5) is 24.7. The van der Waals surface area contributed by atoms with Crippen LogP contribution in [0.3, 0.4) is 0 Å². The van der Waals surface area contributed by atoms with Gasteiger partial charge in [0, 0.05) is 19.5 Å². The molecule has 7 nitrogen and oxygen atoms in total. The zero-order valence-corrected chi connectivity index (χ0v) is 17.0. The van der Waals surface area contributed by atoms with Gasteiger partial charge in [-0.05, 0) is 45.7 Å². The van der Waals surface area contributed by atoms with Crippen LogP contribution in [0, 0.1) is 20.8 Å². The van der Waals surface area contributed by atoms with Crippen molar-refractivity contribution in [2.75, 3.05) is 6.54 Å². The van der Waals surface area contributed by atoms with Gasteiger partial charge >= 0.3 is 0 Å². The monoisotopic (exact) mass is 381 g/mol. The molecule has 0 spiro atoms. The van der Waals surface area contributed by atoms with Crippen molar-refractivity contribution < 1.29 is 4.79 Å². The van der Waals surface area contributed by atoms with Crippen molar-refractivity contribution in [3.05, 3.63) is 51.6 Å². The first-order valence-corrected chi connectivity index (χ1v) is 9.73. The molecule has 0 unspecified atom stereocenters. The molecule has 0 atom stereocenters. The molecule has 2 heterocycles. The minimum atomic E-state index is -0.219. The van der Waals surface area contributed by atoms with E-state index in [0.717, 1.165) is 28.9 Å². The lowest BCUT2D eigenvalue weighted by Gasteiger charge is -2.07. The molecule has 0 radical (unpaired) electrons. The number of benzene rings is 1. The molecular formula is C21H27N5O2. The van der Waals surface area contributed by atoms with Crippen LogP contribution < -0.4 is 10.9 Å². The third kappa shape index (κ3) is 3.98. The topological polar surface area (TPSA) is 81.8 Å². The summed E-state index contributed by atoms with van der Waals surface area (Å²) in [5.41, 5.74) is 3.94. The molecule has 1 N–H and O–H groups in total. The van der Waals surface area contributed by atoms with Crippen LogP contribution in [0.1, 0.15) is 43.1 Å². The summed E-state index contributed by atoms with van der Waals surface area (Å²) in [7, 11) is 0. The smallest absolute Gasteiger partial charge is 0.295 e. The molecule has 7 heteroatoms. The molecule has 0 aliphatic carbocycles. The van der Waals surface area contributed by atoms with Gasteiger partial charge in [-0.15, -0.1) is 0 Å². The van der Waals surface area contributed by atoms with Gasteiger partial charge in [0.15, 0.2) is 5.52 Å². The number of carbonyl (C=O) groups excluding carboxylic acids is 1. The molecule has 148 valence electrons. The van der Waals surface area contributed by atoms with Crippen molar-refractivity contribution >= 4 is 16.8 Å². The Morgan fingerprint density at radius 2 is 1.82 bits per heavy atom. The Hall–Kier alpha value is -2.96. The highest BCUT2D eigenvalue weighted by Crippen LogP contribution is 2.21. The van der Waals surface area contributed by atoms with E-state index in [1.165, 1.54) is 10.2 Å². The number of nitrogens with zero attached hydrogens (tertiary/aromatic N) is 4. The highest BCUT2D eigenvalue weighted by Gasteiger charge is 2.17. The van der Waals surface area contributed by atoms with Crippen LogP contribution in [0.2, 0.25) is 0 Å². The molecule has 1 amide bonds.